The number of hydrogen-bond acceptors (Lipinski definition) is 2. The molecular formula is C9H18O2. The van der Waals surface area contributed by atoms with Crippen LogP contribution in [0.3, 0.4) is 0 Å². The molecule has 2 atom stereocenters. The molecule has 2 unspecified atom stereocenters. The van der Waals surface area contributed by atoms with Crippen LogP contribution in [0.5, 0.6) is 0 Å². The van der Waals surface area contributed by atoms with Gasteiger partial charge in [-0.05, 0) is 19.3 Å². The monoisotopic (exact) mass is 158 g/mol. The van der Waals surface area contributed by atoms with Gasteiger partial charge in [0, 0.05) is 0 Å². The Morgan fingerprint density at radius 3 is 2.18 bits per heavy atom. The molecule has 0 rings (SSSR count). The van der Waals surface area contributed by atoms with Gasteiger partial charge >= 0.3 is 0 Å². The lowest BCUT2D eigenvalue weighted by Crippen LogP contribution is -2.25. The molecule has 2 heteroatoms. The minimum Gasteiger partial charge on any atom is -0.390 e. The third-order valence-electron chi connectivity index (χ3n) is 1.86. The Bertz CT molecular complexity index is 121. The molecule has 0 aliphatic heterocycles. The summed E-state index contributed by atoms with van der Waals surface area (Å²) in [6, 6.07) is 0. The minimum atomic E-state index is -0.632. The average molecular weight is 158 g/mol. The van der Waals surface area contributed by atoms with Gasteiger partial charge in [-0.3, -0.25) is 0 Å². The summed E-state index contributed by atoms with van der Waals surface area (Å²) < 4.78 is 0. The van der Waals surface area contributed by atoms with Crippen LogP contribution in [0.2, 0.25) is 0 Å². The third kappa shape index (κ3) is 4.17. The van der Waals surface area contributed by atoms with Gasteiger partial charge in [-0.25, -0.2) is 0 Å². The Labute approximate surface area is 68.6 Å². The third-order valence-corrected chi connectivity index (χ3v) is 1.86. The molecule has 0 aromatic heterocycles. The zero-order valence-corrected chi connectivity index (χ0v) is 7.38. The summed E-state index contributed by atoms with van der Waals surface area (Å²) in [5, 5.41) is 18.5. The summed E-state index contributed by atoms with van der Waals surface area (Å²) in [7, 11) is 0. The molecule has 66 valence electrons. The van der Waals surface area contributed by atoms with Crippen molar-refractivity contribution < 1.29 is 10.2 Å². The summed E-state index contributed by atoms with van der Waals surface area (Å²) in [5.41, 5.74) is 0.991. The Kier molecular flexibility index (Phi) is 5.16. The first-order valence-electron chi connectivity index (χ1n) is 4.14. The molecule has 0 bridgehead atoms. The zero-order valence-electron chi connectivity index (χ0n) is 7.38. The smallest absolute Gasteiger partial charge is 0.0835 e. The van der Waals surface area contributed by atoms with E-state index in [4.69, 9.17) is 0 Å². The number of rotatable bonds is 5. The van der Waals surface area contributed by atoms with E-state index >= 15 is 0 Å². The van der Waals surface area contributed by atoms with Crippen LogP contribution in [0.1, 0.15) is 33.1 Å². The first-order chi connectivity index (χ1) is 5.11. The Hall–Kier alpha value is -0.340. The molecule has 0 radical (unpaired) electrons. The summed E-state index contributed by atoms with van der Waals surface area (Å²) in [5.74, 6) is 0. The molecule has 0 fully saturated rings. The van der Waals surface area contributed by atoms with Crippen LogP contribution >= 0.6 is 0 Å². The molecule has 0 aliphatic rings. The van der Waals surface area contributed by atoms with Crippen LogP contribution < -0.4 is 0 Å². The molecule has 2 nitrogen and oxygen atoms in total. The maximum atomic E-state index is 9.31. The van der Waals surface area contributed by atoms with Crippen LogP contribution in [-0.4, -0.2) is 22.4 Å². The Morgan fingerprint density at radius 1 is 1.27 bits per heavy atom. The predicted molar refractivity (Wildman–Crippen MR) is 46.4 cm³/mol. The average Bonchev–Trinajstić information content (AvgIpc) is 2.02. The van der Waals surface area contributed by atoms with Crippen molar-refractivity contribution in [3.05, 3.63) is 12.2 Å². The lowest BCUT2D eigenvalue weighted by Gasteiger charge is -2.16. The van der Waals surface area contributed by atoms with Crippen LogP contribution in [0, 0.1) is 0 Å². The highest BCUT2D eigenvalue weighted by atomic mass is 16.3. The minimum absolute atomic E-state index is 0.519. The van der Waals surface area contributed by atoms with Crippen molar-refractivity contribution in [1.29, 1.82) is 0 Å². The molecule has 0 spiro atoms. The van der Waals surface area contributed by atoms with E-state index in [2.05, 4.69) is 6.58 Å². The van der Waals surface area contributed by atoms with Gasteiger partial charge in [0.25, 0.3) is 0 Å². The maximum Gasteiger partial charge on any atom is 0.0835 e. The lowest BCUT2D eigenvalue weighted by molar-refractivity contribution is 0.0179. The summed E-state index contributed by atoms with van der Waals surface area (Å²) >= 11 is 0. The molecule has 0 aromatic carbocycles. The van der Waals surface area contributed by atoms with Crippen LogP contribution in [0.15, 0.2) is 12.2 Å². The van der Waals surface area contributed by atoms with Crippen molar-refractivity contribution in [3.63, 3.8) is 0 Å². The first kappa shape index (κ1) is 10.7. The summed E-state index contributed by atoms with van der Waals surface area (Å²) in [6.45, 7) is 7.60. The molecular weight excluding hydrogens is 140 g/mol. The van der Waals surface area contributed by atoms with Gasteiger partial charge in [0.15, 0.2) is 0 Å². The molecule has 0 aliphatic carbocycles. The normalized spacial score (nSPS) is 16.0. The van der Waals surface area contributed by atoms with Crippen molar-refractivity contribution in [2.75, 3.05) is 0 Å². The largest absolute Gasteiger partial charge is 0.390 e. The predicted octanol–water partition coefficient (Wildman–Crippen LogP) is 1.47. The van der Waals surface area contributed by atoms with E-state index in [1.54, 1.807) is 0 Å². The van der Waals surface area contributed by atoms with E-state index in [1.165, 1.54) is 0 Å². The molecule has 0 saturated carbocycles. The van der Waals surface area contributed by atoms with Crippen molar-refractivity contribution in [2.24, 2.45) is 0 Å². The fourth-order valence-electron chi connectivity index (χ4n) is 0.848. The van der Waals surface area contributed by atoms with Gasteiger partial charge in [-0.1, -0.05) is 26.0 Å². The van der Waals surface area contributed by atoms with E-state index in [1.807, 2.05) is 13.8 Å². The van der Waals surface area contributed by atoms with Crippen molar-refractivity contribution in [3.8, 4) is 0 Å². The van der Waals surface area contributed by atoms with Gasteiger partial charge in [0.05, 0.1) is 12.2 Å². The highest BCUT2D eigenvalue weighted by Crippen LogP contribution is 2.11. The van der Waals surface area contributed by atoms with Crippen molar-refractivity contribution >= 4 is 0 Å². The van der Waals surface area contributed by atoms with Gasteiger partial charge in [-0.2, -0.15) is 0 Å². The highest BCUT2D eigenvalue weighted by Gasteiger charge is 2.13. The number of aliphatic hydroxyl groups excluding tert-OH is 2. The van der Waals surface area contributed by atoms with E-state index < -0.39 is 12.2 Å². The molecule has 11 heavy (non-hydrogen) atoms. The summed E-state index contributed by atoms with van der Waals surface area (Å²) in [6.07, 6.45) is 0.753. The topological polar surface area (TPSA) is 40.5 Å². The van der Waals surface area contributed by atoms with E-state index in [9.17, 15) is 10.2 Å². The fraction of sp³-hybridized carbons (Fsp3) is 0.778. The second-order valence-electron chi connectivity index (χ2n) is 2.85. The molecule has 0 saturated heterocycles. The second-order valence-corrected chi connectivity index (χ2v) is 2.85. The lowest BCUT2D eigenvalue weighted by atomic mass is 10.0. The van der Waals surface area contributed by atoms with Crippen molar-refractivity contribution in [2.45, 2.75) is 45.3 Å². The number of hydrogen-bond donors (Lipinski definition) is 2. The van der Waals surface area contributed by atoms with Gasteiger partial charge < -0.3 is 10.2 Å². The standard InChI is InChI=1S/C9H18O2/c1-4-7(3)6-9(11)8(10)5-2/h8-11H,3-6H2,1-2H3. The van der Waals surface area contributed by atoms with E-state index in [-0.39, 0.29) is 0 Å². The zero-order chi connectivity index (χ0) is 8.85. The quantitative estimate of drug-likeness (QED) is 0.595. The van der Waals surface area contributed by atoms with Crippen molar-refractivity contribution in [1.82, 2.24) is 0 Å². The first-order valence-corrected chi connectivity index (χ1v) is 4.14. The molecule has 0 aromatic rings. The number of aliphatic hydroxyl groups is 2. The van der Waals surface area contributed by atoms with Crippen LogP contribution in [-0.2, 0) is 0 Å². The van der Waals surface area contributed by atoms with Gasteiger partial charge in [0.2, 0.25) is 0 Å². The highest BCUT2D eigenvalue weighted by molar-refractivity contribution is 4.95. The van der Waals surface area contributed by atoms with Crippen LogP contribution in [0.4, 0.5) is 0 Å². The molecule has 2 N–H and O–H groups in total. The Balaban J connectivity index is 3.67. The second kappa shape index (κ2) is 5.33. The van der Waals surface area contributed by atoms with Gasteiger partial charge in [-0.15, -0.1) is 0 Å². The molecule has 0 heterocycles. The SMILES string of the molecule is C=C(CC)CC(O)C(O)CC. The van der Waals surface area contributed by atoms with Gasteiger partial charge in [0.1, 0.15) is 0 Å². The Morgan fingerprint density at radius 2 is 1.82 bits per heavy atom. The molecule has 0 amide bonds. The van der Waals surface area contributed by atoms with E-state index in [0.717, 1.165) is 12.0 Å². The fourth-order valence-corrected chi connectivity index (χ4v) is 0.848. The summed E-state index contributed by atoms with van der Waals surface area (Å²) in [4.78, 5) is 0. The van der Waals surface area contributed by atoms with E-state index in [0.29, 0.717) is 12.8 Å². The van der Waals surface area contributed by atoms with Crippen LogP contribution in [0.25, 0.3) is 0 Å². The maximum absolute atomic E-state index is 9.31.